The standard InChI is InChI=1S/C28H36N4O6/c1-17-11-20(14-31(3)27(17)34)26-30-23-12-19(6-7-24(23)32(26)15-21-5-4-9-37-21)13-29-25(18(2)33)28(35)38-22-8-10-36-16-22/h6-7,11-12,14,18,21-22,25,29,33H,4-5,8-10,13,15-16H2,1-3H3/t18-,21+,22+,25+/m1/s1. The Kier molecular flexibility index (Phi) is 7.94. The highest BCUT2D eigenvalue weighted by atomic mass is 16.6. The van der Waals surface area contributed by atoms with Crippen LogP contribution in [0.25, 0.3) is 22.4 Å². The number of aryl methyl sites for hydroxylation is 2. The zero-order chi connectivity index (χ0) is 26.8. The zero-order valence-electron chi connectivity index (χ0n) is 22.2. The van der Waals surface area contributed by atoms with E-state index in [1.807, 2.05) is 37.4 Å². The van der Waals surface area contributed by atoms with Gasteiger partial charge in [0.15, 0.2) is 0 Å². The van der Waals surface area contributed by atoms with Crippen LogP contribution in [-0.4, -0.2) is 69.4 Å². The van der Waals surface area contributed by atoms with Crippen molar-refractivity contribution in [3.05, 3.63) is 51.9 Å². The monoisotopic (exact) mass is 524 g/mol. The summed E-state index contributed by atoms with van der Waals surface area (Å²) < 4.78 is 20.5. The Bertz CT molecular complexity index is 1330. The molecule has 4 atom stereocenters. The maximum atomic E-state index is 12.7. The zero-order valence-corrected chi connectivity index (χ0v) is 22.2. The molecule has 10 nitrogen and oxygen atoms in total. The second-order valence-electron chi connectivity index (χ2n) is 10.4. The summed E-state index contributed by atoms with van der Waals surface area (Å²) in [6.07, 6.45) is 3.46. The Morgan fingerprint density at radius 1 is 1.29 bits per heavy atom. The van der Waals surface area contributed by atoms with Crippen molar-refractivity contribution in [3.63, 3.8) is 0 Å². The van der Waals surface area contributed by atoms with Crippen LogP contribution in [0.4, 0.5) is 0 Å². The van der Waals surface area contributed by atoms with Gasteiger partial charge in [-0.1, -0.05) is 6.07 Å². The van der Waals surface area contributed by atoms with Crippen molar-refractivity contribution in [2.24, 2.45) is 7.05 Å². The minimum absolute atomic E-state index is 0.0319. The summed E-state index contributed by atoms with van der Waals surface area (Å²) in [4.78, 5) is 29.9. The molecule has 0 unspecified atom stereocenters. The SMILES string of the molecule is Cc1cc(-c2nc3cc(CN[C@H](C(=O)O[C@H]4CCOC4)[C@@H](C)O)ccc3n2C[C@@H]2CCCO2)cn(C)c1=O. The van der Waals surface area contributed by atoms with Gasteiger partial charge in [0.2, 0.25) is 0 Å². The molecule has 38 heavy (non-hydrogen) atoms. The van der Waals surface area contributed by atoms with Crippen molar-refractivity contribution in [1.82, 2.24) is 19.4 Å². The van der Waals surface area contributed by atoms with Gasteiger partial charge in [0.05, 0.1) is 43.0 Å². The summed E-state index contributed by atoms with van der Waals surface area (Å²) >= 11 is 0. The van der Waals surface area contributed by atoms with Gasteiger partial charge in [-0.2, -0.15) is 0 Å². The average Bonchev–Trinajstić information content (AvgIpc) is 3.65. The summed E-state index contributed by atoms with van der Waals surface area (Å²) in [5.74, 6) is 0.299. The van der Waals surface area contributed by atoms with E-state index in [9.17, 15) is 14.7 Å². The number of aliphatic hydroxyl groups is 1. The number of hydrogen-bond acceptors (Lipinski definition) is 8. The fourth-order valence-corrected chi connectivity index (χ4v) is 5.20. The molecule has 1 aromatic carbocycles. The Morgan fingerprint density at radius 2 is 2.13 bits per heavy atom. The Labute approximate surface area is 221 Å². The third-order valence-corrected chi connectivity index (χ3v) is 7.28. The van der Waals surface area contributed by atoms with E-state index in [0.717, 1.165) is 47.4 Å². The maximum absolute atomic E-state index is 12.7. The van der Waals surface area contributed by atoms with Crippen LogP contribution < -0.4 is 10.9 Å². The normalized spacial score (nSPS) is 21.2. The van der Waals surface area contributed by atoms with E-state index in [4.69, 9.17) is 19.2 Å². The summed E-state index contributed by atoms with van der Waals surface area (Å²) in [6.45, 7) is 6.14. The summed E-state index contributed by atoms with van der Waals surface area (Å²) in [5, 5.41) is 13.4. The quantitative estimate of drug-likeness (QED) is 0.409. The third-order valence-electron chi connectivity index (χ3n) is 7.28. The van der Waals surface area contributed by atoms with Crippen LogP contribution in [0.15, 0.2) is 35.3 Å². The predicted octanol–water partition coefficient (Wildman–Crippen LogP) is 2.06. The van der Waals surface area contributed by atoms with Gasteiger partial charge in [-0.05, 0) is 50.5 Å². The van der Waals surface area contributed by atoms with Crippen LogP contribution >= 0.6 is 0 Å². The third kappa shape index (κ3) is 5.68. The first kappa shape index (κ1) is 26.6. The van der Waals surface area contributed by atoms with Crippen molar-refractivity contribution < 1.29 is 24.1 Å². The van der Waals surface area contributed by atoms with Crippen LogP contribution in [0.3, 0.4) is 0 Å². The number of nitrogens with one attached hydrogen (secondary N) is 1. The van der Waals surface area contributed by atoms with Crippen molar-refractivity contribution in [2.75, 3.05) is 19.8 Å². The van der Waals surface area contributed by atoms with Gasteiger partial charge < -0.3 is 28.5 Å². The molecule has 4 heterocycles. The Morgan fingerprint density at radius 3 is 2.82 bits per heavy atom. The Hall–Kier alpha value is -3.05. The van der Waals surface area contributed by atoms with Crippen LogP contribution in [0.2, 0.25) is 0 Å². The first-order valence-electron chi connectivity index (χ1n) is 13.3. The molecule has 0 aliphatic carbocycles. The number of ether oxygens (including phenoxy) is 3. The molecule has 2 aromatic heterocycles. The van der Waals surface area contributed by atoms with Crippen LogP contribution in [-0.2, 0) is 39.1 Å². The molecule has 2 N–H and O–H groups in total. The molecular formula is C28H36N4O6. The highest BCUT2D eigenvalue weighted by molar-refractivity contribution is 5.81. The summed E-state index contributed by atoms with van der Waals surface area (Å²) in [5.41, 5.74) is 4.19. The fourth-order valence-electron chi connectivity index (χ4n) is 5.20. The number of carbonyl (C=O) groups is 1. The highest BCUT2D eigenvalue weighted by Gasteiger charge is 2.29. The van der Waals surface area contributed by atoms with E-state index in [2.05, 4.69) is 9.88 Å². The molecule has 0 spiro atoms. The number of esters is 1. The lowest BCUT2D eigenvalue weighted by molar-refractivity contribution is -0.154. The number of rotatable bonds is 9. The van der Waals surface area contributed by atoms with Gasteiger partial charge in [0.25, 0.3) is 5.56 Å². The number of carbonyl (C=O) groups excluding carboxylic acids is 1. The summed E-state index contributed by atoms with van der Waals surface area (Å²) in [6, 6.07) is 7.04. The topological polar surface area (TPSA) is 117 Å². The molecule has 0 bridgehead atoms. The molecule has 2 saturated heterocycles. The maximum Gasteiger partial charge on any atom is 0.326 e. The van der Waals surface area contributed by atoms with E-state index in [1.54, 1.807) is 18.5 Å². The first-order chi connectivity index (χ1) is 18.3. The van der Waals surface area contributed by atoms with E-state index >= 15 is 0 Å². The van der Waals surface area contributed by atoms with Gasteiger partial charge >= 0.3 is 5.97 Å². The first-order valence-corrected chi connectivity index (χ1v) is 13.3. The molecule has 0 saturated carbocycles. The van der Waals surface area contributed by atoms with Gasteiger partial charge in [-0.25, -0.2) is 4.98 Å². The molecule has 5 rings (SSSR count). The number of hydrogen-bond donors (Lipinski definition) is 2. The molecule has 0 radical (unpaired) electrons. The molecule has 204 valence electrons. The minimum Gasteiger partial charge on any atom is -0.459 e. The van der Waals surface area contributed by atoms with E-state index in [1.165, 1.54) is 0 Å². The van der Waals surface area contributed by atoms with E-state index in [0.29, 0.717) is 38.3 Å². The number of aliphatic hydroxyl groups excluding tert-OH is 1. The van der Waals surface area contributed by atoms with Crippen molar-refractivity contribution in [3.8, 4) is 11.4 Å². The van der Waals surface area contributed by atoms with Gasteiger partial charge in [0.1, 0.15) is 18.0 Å². The molecule has 0 amide bonds. The van der Waals surface area contributed by atoms with Crippen molar-refractivity contribution >= 4 is 17.0 Å². The summed E-state index contributed by atoms with van der Waals surface area (Å²) in [7, 11) is 1.75. The fraction of sp³-hybridized carbons (Fsp3) is 0.536. The van der Waals surface area contributed by atoms with Gasteiger partial charge in [0, 0.05) is 43.9 Å². The van der Waals surface area contributed by atoms with Crippen LogP contribution in [0.5, 0.6) is 0 Å². The van der Waals surface area contributed by atoms with E-state index < -0.39 is 18.1 Å². The Balaban J connectivity index is 1.41. The smallest absolute Gasteiger partial charge is 0.326 e. The second-order valence-corrected chi connectivity index (χ2v) is 10.4. The van der Waals surface area contributed by atoms with E-state index in [-0.39, 0.29) is 17.8 Å². The molecule has 2 fully saturated rings. The van der Waals surface area contributed by atoms with Gasteiger partial charge in [-0.15, -0.1) is 0 Å². The molecular weight excluding hydrogens is 488 g/mol. The predicted molar refractivity (Wildman–Crippen MR) is 142 cm³/mol. The van der Waals surface area contributed by atoms with Crippen molar-refractivity contribution in [2.45, 2.75) is 70.6 Å². The molecule has 3 aromatic rings. The highest BCUT2D eigenvalue weighted by Crippen LogP contribution is 2.28. The lowest BCUT2D eigenvalue weighted by atomic mass is 10.1. The van der Waals surface area contributed by atoms with Gasteiger partial charge in [-0.3, -0.25) is 14.9 Å². The lowest BCUT2D eigenvalue weighted by Crippen LogP contribution is -2.46. The number of imidazole rings is 1. The van der Waals surface area contributed by atoms with Crippen LogP contribution in [0, 0.1) is 6.92 Å². The molecule has 10 heteroatoms. The molecule has 2 aliphatic heterocycles. The largest absolute Gasteiger partial charge is 0.459 e. The second kappa shape index (κ2) is 11.4. The number of nitrogens with zero attached hydrogens (tertiary/aromatic N) is 3. The molecule has 2 aliphatic rings. The minimum atomic E-state index is -0.918. The average molecular weight is 525 g/mol. The van der Waals surface area contributed by atoms with Crippen LogP contribution in [0.1, 0.15) is 37.3 Å². The number of fused-ring (bicyclic) bond motifs is 1. The number of aromatic nitrogens is 3. The number of benzene rings is 1. The van der Waals surface area contributed by atoms with Crippen molar-refractivity contribution in [1.29, 1.82) is 0 Å². The number of pyridine rings is 1. The lowest BCUT2D eigenvalue weighted by Gasteiger charge is -2.22.